The molecular formula is C17H22Cl2O3. The summed E-state index contributed by atoms with van der Waals surface area (Å²) in [5.41, 5.74) is 0.845. The van der Waals surface area contributed by atoms with Crippen LogP contribution >= 0.6 is 23.2 Å². The van der Waals surface area contributed by atoms with Gasteiger partial charge in [-0.05, 0) is 50.6 Å². The standard InChI is InChI=1S/C17H22Cl2O3/c1-5-22-16(20)11-13(17(2,3)19)10-15(18)12-6-8-14(21-4)9-7-12/h6-10,13H,5,11H2,1-4H3. The number of alkyl halides is 1. The minimum absolute atomic E-state index is 0.191. The smallest absolute Gasteiger partial charge is 0.306 e. The number of hydrogen-bond donors (Lipinski definition) is 0. The van der Waals surface area contributed by atoms with Crippen molar-refractivity contribution >= 4 is 34.2 Å². The van der Waals surface area contributed by atoms with Gasteiger partial charge in [-0.3, -0.25) is 4.79 Å². The van der Waals surface area contributed by atoms with E-state index in [2.05, 4.69) is 0 Å². The molecule has 0 saturated heterocycles. The number of hydrogen-bond acceptors (Lipinski definition) is 3. The topological polar surface area (TPSA) is 35.5 Å². The summed E-state index contributed by atoms with van der Waals surface area (Å²) in [6, 6.07) is 7.39. The first-order chi connectivity index (χ1) is 10.3. The zero-order valence-corrected chi connectivity index (χ0v) is 14.9. The lowest BCUT2D eigenvalue weighted by Crippen LogP contribution is -2.26. The Labute approximate surface area is 142 Å². The maximum Gasteiger partial charge on any atom is 0.306 e. The number of esters is 1. The van der Waals surface area contributed by atoms with Gasteiger partial charge in [0.05, 0.1) is 20.1 Å². The van der Waals surface area contributed by atoms with E-state index in [-0.39, 0.29) is 18.3 Å². The number of carbonyl (C=O) groups is 1. The van der Waals surface area contributed by atoms with Gasteiger partial charge in [0.15, 0.2) is 0 Å². The Balaban J connectivity index is 2.96. The quantitative estimate of drug-likeness (QED) is 0.523. The van der Waals surface area contributed by atoms with Gasteiger partial charge in [0.2, 0.25) is 0 Å². The number of allylic oxidation sites excluding steroid dienone is 1. The van der Waals surface area contributed by atoms with Gasteiger partial charge in [-0.25, -0.2) is 0 Å². The van der Waals surface area contributed by atoms with Crippen molar-refractivity contribution in [2.75, 3.05) is 13.7 Å². The van der Waals surface area contributed by atoms with E-state index >= 15 is 0 Å². The van der Waals surface area contributed by atoms with Crippen molar-refractivity contribution in [1.82, 2.24) is 0 Å². The summed E-state index contributed by atoms with van der Waals surface area (Å²) < 4.78 is 10.1. The summed E-state index contributed by atoms with van der Waals surface area (Å²) in [4.78, 5) is 11.1. The molecule has 3 nitrogen and oxygen atoms in total. The van der Waals surface area contributed by atoms with Crippen molar-refractivity contribution in [3.05, 3.63) is 35.9 Å². The molecule has 5 heteroatoms. The highest BCUT2D eigenvalue weighted by Gasteiger charge is 2.28. The van der Waals surface area contributed by atoms with Crippen LogP contribution in [0.1, 0.15) is 32.8 Å². The SMILES string of the molecule is CCOC(=O)CC(C=C(Cl)c1ccc(OC)cc1)C(C)(C)Cl. The number of benzene rings is 1. The van der Waals surface area contributed by atoms with Gasteiger partial charge in [0, 0.05) is 15.8 Å². The van der Waals surface area contributed by atoms with Gasteiger partial charge in [-0.2, -0.15) is 0 Å². The van der Waals surface area contributed by atoms with E-state index < -0.39 is 4.87 Å². The predicted octanol–water partition coefficient (Wildman–Crippen LogP) is 4.86. The van der Waals surface area contributed by atoms with E-state index in [4.69, 9.17) is 32.7 Å². The summed E-state index contributed by atoms with van der Waals surface area (Å²) in [5, 5.41) is 0.547. The number of methoxy groups -OCH3 is 1. The first-order valence-corrected chi connectivity index (χ1v) is 7.89. The molecule has 0 heterocycles. The third-order valence-corrected chi connectivity index (χ3v) is 3.91. The molecule has 0 aliphatic heterocycles. The molecule has 0 spiro atoms. The van der Waals surface area contributed by atoms with Crippen LogP contribution in [-0.4, -0.2) is 24.6 Å². The summed E-state index contributed by atoms with van der Waals surface area (Å²) >= 11 is 12.8. The maximum absolute atomic E-state index is 11.7. The predicted molar refractivity (Wildman–Crippen MR) is 91.5 cm³/mol. The number of halogens is 2. The van der Waals surface area contributed by atoms with Crippen molar-refractivity contribution in [2.24, 2.45) is 5.92 Å². The fourth-order valence-corrected chi connectivity index (χ4v) is 2.34. The number of carbonyl (C=O) groups excluding carboxylic acids is 1. The van der Waals surface area contributed by atoms with E-state index in [1.165, 1.54) is 0 Å². The van der Waals surface area contributed by atoms with Crippen LogP contribution in [0.15, 0.2) is 30.3 Å². The molecule has 0 aromatic heterocycles. The highest BCUT2D eigenvalue weighted by Crippen LogP contribution is 2.33. The lowest BCUT2D eigenvalue weighted by Gasteiger charge is -2.25. The normalized spacial score (nSPS) is 13.6. The molecule has 1 aromatic rings. The average molecular weight is 345 g/mol. The molecule has 0 N–H and O–H groups in total. The Bertz CT molecular complexity index is 516. The fourth-order valence-electron chi connectivity index (χ4n) is 1.92. The van der Waals surface area contributed by atoms with Crippen LogP contribution in [0.25, 0.3) is 5.03 Å². The zero-order valence-electron chi connectivity index (χ0n) is 13.4. The van der Waals surface area contributed by atoms with E-state index in [0.29, 0.717) is 11.6 Å². The molecule has 1 rings (SSSR count). The summed E-state index contributed by atoms with van der Waals surface area (Å²) in [5.74, 6) is 0.244. The van der Waals surface area contributed by atoms with E-state index in [0.717, 1.165) is 11.3 Å². The lowest BCUT2D eigenvalue weighted by atomic mass is 9.90. The monoisotopic (exact) mass is 344 g/mol. The third kappa shape index (κ3) is 5.90. The number of ether oxygens (including phenoxy) is 2. The third-order valence-electron chi connectivity index (χ3n) is 3.29. The highest BCUT2D eigenvalue weighted by atomic mass is 35.5. The summed E-state index contributed by atoms with van der Waals surface area (Å²) in [6.07, 6.45) is 2.00. The Kier molecular flexibility index (Phi) is 7.24. The largest absolute Gasteiger partial charge is 0.497 e. The second-order valence-electron chi connectivity index (χ2n) is 5.42. The summed E-state index contributed by atoms with van der Waals surface area (Å²) in [6.45, 7) is 5.84. The molecule has 0 radical (unpaired) electrons. The molecule has 1 unspecified atom stereocenters. The van der Waals surface area contributed by atoms with E-state index in [1.54, 1.807) is 14.0 Å². The Morgan fingerprint density at radius 1 is 1.32 bits per heavy atom. The van der Waals surface area contributed by atoms with Gasteiger partial charge in [-0.1, -0.05) is 17.7 Å². The molecule has 0 bridgehead atoms. The molecule has 0 aliphatic rings. The molecule has 0 aliphatic carbocycles. The molecule has 1 atom stereocenters. The minimum Gasteiger partial charge on any atom is -0.497 e. The maximum atomic E-state index is 11.7. The second-order valence-corrected chi connectivity index (χ2v) is 6.80. The van der Waals surface area contributed by atoms with Gasteiger partial charge in [0.25, 0.3) is 0 Å². The van der Waals surface area contributed by atoms with Crippen molar-refractivity contribution in [3.63, 3.8) is 0 Å². The first-order valence-electron chi connectivity index (χ1n) is 7.14. The summed E-state index contributed by atoms with van der Waals surface area (Å²) in [7, 11) is 1.61. The lowest BCUT2D eigenvalue weighted by molar-refractivity contribution is -0.144. The van der Waals surface area contributed by atoms with Gasteiger partial charge < -0.3 is 9.47 Å². The van der Waals surface area contributed by atoms with Crippen molar-refractivity contribution in [1.29, 1.82) is 0 Å². The van der Waals surface area contributed by atoms with E-state index in [1.807, 2.05) is 44.2 Å². The van der Waals surface area contributed by atoms with Gasteiger partial charge >= 0.3 is 5.97 Å². The minimum atomic E-state index is -0.612. The van der Waals surface area contributed by atoms with Crippen molar-refractivity contribution in [3.8, 4) is 5.75 Å². The second kappa shape index (κ2) is 8.44. The average Bonchev–Trinajstić information content (AvgIpc) is 2.46. The molecule has 0 amide bonds. The van der Waals surface area contributed by atoms with Gasteiger partial charge in [0.1, 0.15) is 5.75 Å². The van der Waals surface area contributed by atoms with Crippen LogP contribution < -0.4 is 4.74 Å². The molecule has 0 fully saturated rings. The molecule has 0 saturated carbocycles. The van der Waals surface area contributed by atoms with Crippen LogP contribution in [0.5, 0.6) is 5.75 Å². The zero-order chi connectivity index (χ0) is 16.8. The Morgan fingerprint density at radius 2 is 1.91 bits per heavy atom. The molecule has 1 aromatic carbocycles. The molecule has 22 heavy (non-hydrogen) atoms. The first kappa shape index (κ1) is 18.9. The van der Waals surface area contributed by atoms with Crippen LogP contribution in [-0.2, 0) is 9.53 Å². The fraction of sp³-hybridized carbons (Fsp3) is 0.471. The van der Waals surface area contributed by atoms with Crippen LogP contribution in [0.4, 0.5) is 0 Å². The van der Waals surface area contributed by atoms with Gasteiger partial charge in [-0.15, -0.1) is 11.6 Å². The highest BCUT2D eigenvalue weighted by molar-refractivity contribution is 6.48. The van der Waals surface area contributed by atoms with E-state index in [9.17, 15) is 4.79 Å². The van der Waals surface area contributed by atoms with Crippen LogP contribution in [0, 0.1) is 5.92 Å². The van der Waals surface area contributed by atoms with Crippen LogP contribution in [0.2, 0.25) is 0 Å². The number of rotatable bonds is 7. The van der Waals surface area contributed by atoms with Crippen molar-refractivity contribution in [2.45, 2.75) is 32.1 Å². The van der Waals surface area contributed by atoms with Crippen molar-refractivity contribution < 1.29 is 14.3 Å². The molecular weight excluding hydrogens is 323 g/mol. The molecule has 122 valence electrons. The Hall–Kier alpha value is -1.19. The van der Waals surface area contributed by atoms with Crippen LogP contribution in [0.3, 0.4) is 0 Å². The Morgan fingerprint density at radius 3 is 2.36 bits per heavy atom.